The van der Waals surface area contributed by atoms with Crippen LogP contribution in [-0.4, -0.2) is 34.5 Å². The minimum Gasteiger partial charge on any atom is -0.322 e. The van der Waals surface area contributed by atoms with Crippen molar-refractivity contribution in [2.24, 2.45) is 0 Å². The molecule has 0 unspecified atom stereocenters. The molecule has 2 aromatic rings. The molecular weight excluding hydrogens is 388 g/mol. The normalized spacial score (nSPS) is 12.1. The van der Waals surface area contributed by atoms with Gasteiger partial charge in [-0.1, -0.05) is 6.92 Å². The summed E-state index contributed by atoms with van der Waals surface area (Å²) in [7, 11) is -6.92. The van der Waals surface area contributed by atoms with Crippen molar-refractivity contribution in [3.05, 3.63) is 54.1 Å². The van der Waals surface area contributed by atoms with Gasteiger partial charge in [0.15, 0.2) is 9.84 Å². The van der Waals surface area contributed by atoms with Crippen LogP contribution >= 0.6 is 0 Å². The Morgan fingerprint density at radius 1 is 0.889 bits per heavy atom. The lowest BCUT2D eigenvalue weighted by atomic mass is 10.2. The van der Waals surface area contributed by atoms with Crippen molar-refractivity contribution < 1.29 is 21.6 Å². The maximum atomic E-state index is 12.3. The third kappa shape index (κ3) is 5.38. The van der Waals surface area contributed by atoms with Crippen LogP contribution in [0, 0.1) is 0 Å². The fourth-order valence-electron chi connectivity index (χ4n) is 2.28. The molecule has 0 aliphatic heterocycles. The van der Waals surface area contributed by atoms with E-state index in [0.717, 1.165) is 0 Å². The molecule has 0 fully saturated rings. The van der Waals surface area contributed by atoms with Crippen LogP contribution < -0.4 is 10.0 Å². The zero-order valence-corrected chi connectivity index (χ0v) is 16.9. The van der Waals surface area contributed by atoms with Crippen molar-refractivity contribution in [1.29, 1.82) is 0 Å². The molecule has 0 aliphatic rings. The van der Waals surface area contributed by atoms with Crippen molar-refractivity contribution in [3.8, 4) is 0 Å². The van der Waals surface area contributed by atoms with E-state index < -0.39 is 25.8 Å². The van der Waals surface area contributed by atoms with Crippen LogP contribution in [0.25, 0.3) is 0 Å². The molecule has 2 aromatic carbocycles. The maximum absolute atomic E-state index is 12.3. The van der Waals surface area contributed by atoms with Gasteiger partial charge in [0.25, 0.3) is 5.91 Å². The van der Waals surface area contributed by atoms with Crippen LogP contribution in [0.2, 0.25) is 0 Å². The van der Waals surface area contributed by atoms with Crippen LogP contribution in [0.15, 0.2) is 58.3 Å². The molecule has 0 saturated heterocycles. The minimum atomic E-state index is -3.62. The monoisotopic (exact) mass is 410 g/mol. The largest absolute Gasteiger partial charge is 0.322 e. The van der Waals surface area contributed by atoms with Crippen LogP contribution in [0.5, 0.6) is 0 Å². The summed E-state index contributed by atoms with van der Waals surface area (Å²) in [5, 5.41) is 2.65. The maximum Gasteiger partial charge on any atom is 0.255 e. The SMILES string of the molecule is CCS(=O)(=O)c1ccc(NC(=O)c2ccc(S(=O)(=O)NC(C)C)cc2)cc1. The first kappa shape index (κ1) is 21.1. The van der Waals surface area contributed by atoms with Gasteiger partial charge in [-0.3, -0.25) is 4.79 Å². The van der Waals surface area contributed by atoms with E-state index in [4.69, 9.17) is 0 Å². The number of sulfonamides is 1. The Labute approximate surface area is 159 Å². The Balaban J connectivity index is 2.13. The molecular formula is C18H22N2O5S2. The topological polar surface area (TPSA) is 109 Å². The fraction of sp³-hybridized carbons (Fsp3) is 0.278. The zero-order valence-electron chi connectivity index (χ0n) is 15.3. The quantitative estimate of drug-likeness (QED) is 0.728. The standard InChI is InChI=1S/C18H22N2O5S2/c1-4-26(22,23)16-11-7-15(8-12-16)19-18(21)14-5-9-17(10-6-14)27(24,25)20-13(2)3/h5-13,20H,4H2,1-3H3,(H,19,21). The van der Waals surface area contributed by atoms with E-state index in [1.54, 1.807) is 20.8 Å². The molecule has 1 amide bonds. The van der Waals surface area contributed by atoms with E-state index in [9.17, 15) is 21.6 Å². The molecule has 9 heteroatoms. The summed E-state index contributed by atoms with van der Waals surface area (Å²) in [6.45, 7) is 5.00. The predicted molar refractivity (Wildman–Crippen MR) is 104 cm³/mol. The Morgan fingerprint density at radius 3 is 1.89 bits per heavy atom. The molecule has 7 nitrogen and oxygen atoms in total. The molecule has 0 aromatic heterocycles. The molecule has 146 valence electrons. The average Bonchev–Trinajstić information content (AvgIpc) is 2.61. The second-order valence-corrected chi connectivity index (χ2v) is 10.2. The van der Waals surface area contributed by atoms with Crippen LogP contribution in [0.3, 0.4) is 0 Å². The summed E-state index contributed by atoms with van der Waals surface area (Å²) >= 11 is 0. The summed E-state index contributed by atoms with van der Waals surface area (Å²) in [5.41, 5.74) is 0.719. The highest BCUT2D eigenvalue weighted by Crippen LogP contribution is 2.17. The molecule has 0 heterocycles. The van der Waals surface area contributed by atoms with Crippen molar-refractivity contribution in [1.82, 2.24) is 4.72 Å². The summed E-state index contributed by atoms with van der Waals surface area (Å²) in [6, 6.07) is 11.2. The first-order valence-electron chi connectivity index (χ1n) is 8.32. The van der Waals surface area contributed by atoms with Crippen molar-refractivity contribution >= 4 is 31.5 Å². The van der Waals surface area contributed by atoms with Gasteiger partial charge in [-0.15, -0.1) is 0 Å². The number of anilines is 1. The number of nitrogens with one attached hydrogen (secondary N) is 2. The molecule has 0 bridgehead atoms. The van der Waals surface area contributed by atoms with E-state index >= 15 is 0 Å². The molecule has 0 aliphatic carbocycles. The number of carbonyl (C=O) groups is 1. The third-order valence-electron chi connectivity index (χ3n) is 3.67. The van der Waals surface area contributed by atoms with E-state index in [1.807, 2.05) is 0 Å². The van der Waals surface area contributed by atoms with Gasteiger partial charge < -0.3 is 5.32 Å². The number of rotatable bonds is 7. The highest BCUT2D eigenvalue weighted by atomic mass is 32.2. The summed E-state index contributed by atoms with van der Waals surface area (Å²) in [6.07, 6.45) is 0. The summed E-state index contributed by atoms with van der Waals surface area (Å²) in [4.78, 5) is 12.6. The number of sulfone groups is 1. The first-order valence-corrected chi connectivity index (χ1v) is 11.5. The van der Waals surface area contributed by atoms with Gasteiger partial charge in [-0.2, -0.15) is 0 Å². The Bertz CT molecular complexity index is 1010. The van der Waals surface area contributed by atoms with E-state index in [1.165, 1.54) is 48.5 Å². The Hall–Kier alpha value is -2.23. The third-order valence-corrected chi connectivity index (χ3v) is 7.09. The number of amides is 1. The predicted octanol–water partition coefficient (Wildman–Crippen LogP) is 2.42. The summed E-state index contributed by atoms with van der Waals surface area (Å²) in [5.74, 6) is -0.429. The molecule has 2 rings (SSSR count). The molecule has 0 spiro atoms. The highest BCUT2D eigenvalue weighted by Gasteiger charge is 2.16. The number of carbonyl (C=O) groups excluding carboxylic acids is 1. The zero-order chi connectivity index (χ0) is 20.2. The van der Waals surface area contributed by atoms with Gasteiger partial charge in [-0.25, -0.2) is 21.6 Å². The van der Waals surface area contributed by atoms with E-state index in [2.05, 4.69) is 10.0 Å². The molecule has 0 atom stereocenters. The molecule has 2 N–H and O–H groups in total. The van der Waals surface area contributed by atoms with Gasteiger partial charge in [0.2, 0.25) is 10.0 Å². The highest BCUT2D eigenvalue weighted by molar-refractivity contribution is 7.91. The van der Waals surface area contributed by atoms with Crippen molar-refractivity contribution in [2.45, 2.75) is 36.6 Å². The molecule has 27 heavy (non-hydrogen) atoms. The second kappa shape index (κ2) is 8.20. The van der Waals surface area contributed by atoms with Gasteiger partial charge >= 0.3 is 0 Å². The lowest BCUT2D eigenvalue weighted by Gasteiger charge is -2.10. The van der Waals surface area contributed by atoms with Crippen molar-refractivity contribution in [3.63, 3.8) is 0 Å². The van der Waals surface area contributed by atoms with E-state index in [0.29, 0.717) is 5.69 Å². The summed E-state index contributed by atoms with van der Waals surface area (Å²) < 4.78 is 50.2. The van der Waals surface area contributed by atoms with Gasteiger partial charge in [0.05, 0.1) is 15.5 Å². The lowest BCUT2D eigenvalue weighted by molar-refractivity contribution is 0.102. The van der Waals surface area contributed by atoms with Gasteiger partial charge in [0, 0.05) is 17.3 Å². The number of hydrogen-bond donors (Lipinski definition) is 2. The Morgan fingerprint density at radius 2 is 1.41 bits per heavy atom. The number of hydrogen-bond acceptors (Lipinski definition) is 5. The van der Waals surface area contributed by atoms with Crippen LogP contribution in [0.1, 0.15) is 31.1 Å². The lowest BCUT2D eigenvalue weighted by Crippen LogP contribution is -2.30. The Kier molecular flexibility index (Phi) is 6.40. The smallest absolute Gasteiger partial charge is 0.255 e. The van der Waals surface area contributed by atoms with Gasteiger partial charge in [0.1, 0.15) is 0 Å². The first-order chi connectivity index (χ1) is 12.5. The minimum absolute atomic E-state index is 0.000368. The number of benzene rings is 2. The van der Waals surface area contributed by atoms with Crippen LogP contribution in [0.4, 0.5) is 5.69 Å². The van der Waals surface area contributed by atoms with Crippen molar-refractivity contribution in [2.75, 3.05) is 11.1 Å². The molecule has 0 saturated carbocycles. The second-order valence-electron chi connectivity index (χ2n) is 6.18. The molecule has 0 radical (unpaired) electrons. The van der Waals surface area contributed by atoms with Crippen LogP contribution in [-0.2, 0) is 19.9 Å². The van der Waals surface area contributed by atoms with Gasteiger partial charge in [-0.05, 0) is 62.4 Å². The van der Waals surface area contributed by atoms with E-state index in [-0.39, 0.29) is 27.1 Å². The fourth-order valence-corrected chi connectivity index (χ4v) is 4.41. The average molecular weight is 411 g/mol.